The molecule has 0 heterocycles. The lowest BCUT2D eigenvalue weighted by Gasteiger charge is -2.08. The van der Waals surface area contributed by atoms with Crippen molar-refractivity contribution in [1.82, 2.24) is 0 Å². The summed E-state index contributed by atoms with van der Waals surface area (Å²) in [6.07, 6.45) is 0.789. The summed E-state index contributed by atoms with van der Waals surface area (Å²) in [6, 6.07) is 14.6. The smallest absolute Gasteiger partial charge is 0.153 e. The molecule has 0 aliphatic carbocycles. The Kier molecular flexibility index (Phi) is 3.78. The van der Waals surface area contributed by atoms with Crippen LogP contribution in [-0.2, 0) is 6.61 Å². The Morgan fingerprint density at radius 3 is 2.47 bits per heavy atom. The third-order valence-corrected chi connectivity index (χ3v) is 2.61. The van der Waals surface area contributed by atoms with Crippen molar-refractivity contribution < 1.29 is 9.53 Å². The van der Waals surface area contributed by atoms with Gasteiger partial charge in [0.25, 0.3) is 0 Å². The van der Waals surface area contributed by atoms with Crippen LogP contribution < -0.4 is 4.74 Å². The zero-order valence-electron chi connectivity index (χ0n) is 9.10. The summed E-state index contributed by atoms with van der Waals surface area (Å²) < 4.78 is 5.58. The van der Waals surface area contributed by atoms with Crippen molar-refractivity contribution in [2.45, 2.75) is 6.61 Å². The summed E-state index contributed by atoms with van der Waals surface area (Å²) in [5, 5.41) is 0.696. The lowest BCUT2D eigenvalue weighted by atomic mass is 10.2. The summed E-state index contributed by atoms with van der Waals surface area (Å²) in [7, 11) is 0. The van der Waals surface area contributed by atoms with Crippen LogP contribution in [0, 0.1) is 0 Å². The van der Waals surface area contributed by atoms with Crippen molar-refractivity contribution in [1.29, 1.82) is 0 Å². The fourth-order valence-electron chi connectivity index (χ4n) is 1.45. The lowest BCUT2D eigenvalue weighted by molar-refractivity contribution is 0.111. The van der Waals surface area contributed by atoms with E-state index in [9.17, 15) is 4.79 Å². The highest BCUT2D eigenvalue weighted by atomic mass is 35.5. The molecule has 0 aliphatic heterocycles. The topological polar surface area (TPSA) is 26.3 Å². The van der Waals surface area contributed by atoms with Gasteiger partial charge in [-0.3, -0.25) is 4.79 Å². The van der Waals surface area contributed by atoms with E-state index in [-0.39, 0.29) is 0 Å². The Morgan fingerprint density at radius 2 is 1.76 bits per heavy atom. The predicted molar refractivity (Wildman–Crippen MR) is 67.6 cm³/mol. The van der Waals surface area contributed by atoms with Crippen LogP contribution >= 0.6 is 11.6 Å². The molecule has 17 heavy (non-hydrogen) atoms. The largest absolute Gasteiger partial charge is 0.488 e. The first-order valence-corrected chi connectivity index (χ1v) is 5.59. The van der Waals surface area contributed by atoms with Gasteiger partial charge >= 0.3 is 0 Å². The van der Waals surface area contributed by atoms with Gasteiger partial charge in [0.1, 0.15) is 12.4 Å². The van der Waals surface area contributed by atoms with E-state index in [1.807, 2.05) is 30.3 Å². The van der Waals surface area contributed by atoms with Gasteiger partial charge < -0.3 is 4.74 Å². The van der Waals surface area contributed by atoms with Crippen molar-refractivity contribution in [2.24, 2.45) is 0 Å². The number of carbonyl (C=O) groups is 1. The monoisotopic (exact) mass is 246 g/mol. The molecule has 2 nitrogen and oxygen atoms in total. The third kappa shape index (κ3) is 3.08. The minimum atomic E-state index is 0.419. The van der Waals surface area contributed by atoms with Crippen molar-refractivity contribution in [3.63, 3.8) is 0 Å². The highest BCUT2D eigenvalue weighted by Crippen LogP contribution is 2.18. The summed E-state index contributed by atoms with van der Waals surface area (Å²) in [5.74, 6) is 0.595. The Bertz CT molecular complexity index is 506. The number of para-hydroxylation sites is 1. The third-order valence-electron chi connectivity index (χ3n) is 2.35. The van der Waals surface area contributed by atoms with Crippen LogP contribution in [0.5, 0.6) is 5.75 Å². The Morgan fingerprint density at radius 1 is 1.06 bits per heavy atom. The number of hydrogen-bond acceptors (Lipinski definition) is 2. The molecule has 0 amide bonds. The van der Waals surface area contributed by atoms with Crippen LogP contribution in [0.4, 0.5) is 0 Å². The van der Waals surface area contributed by atoms with Gasteiger partial charge in [0.05, 0.1) is 5.56 Å². The molecule has 0 saturated heterocycles. The quantitative estimate of drug-likeness (QED) is 0.769. The molecule has 0 spiro atoms. The van der Waals surface area contributed by atoms with Crippen molar-refractivity contribution in [2.75, 3.05) is 0 Å². The number of aldehydes is 1. The fraction of sp³-hybridized carbons (Fsp3) is 0.0714. The zero-order chi connectivity index (χ0) is 12.1. The maximum atomic E-state index is 10.8. The van der Waals surface area contributed by atoms with Gasteiger partial charge in [0.2, 0.25) is 0 Å². The van der Waals surface area contributed by atoms with E-state index in [0.717, 1.165) is 11.8 Å². The first-order valence-electron chi connectivity index (χ1n) is 5.21. The number of hydrogen-bond donors (Lipinski definition) is 0. The Hall–Kier alpha value is -1.80. The summed E-state index contributed by atoms with van der Waals surface area (Å²) in [6.45, 7) is 0.419. The van der Waals surface area contributed by atoms with Crippen LogP contribution in [0.15, 0.2) is 48.5 Å². The van der Waals surface area contributed by atoms with Gasteiger partial charge in [-0.05, 0) is 29.8 Å². The molecule has 0 bridgehead atoms. The molecule has 2 rings (SSSR count). The molecule has 0 aliphatic rings. The summed E-state index contributed by atoms with van der Waals surface area (Å²) in [4.78, 5) is 10.8. The van der Waals surface area contributed by atoms with Crippen molar-refractivity contribution in [3.05, 3.63) is 64.7 Å². The molecule has 0 aromatic heterocycles. The molecule has 86 valence electrons. The van der Waals surface area contributed by atoms with Crippen LogP contribution in [0.3, 0.4) is 0 Å². The highest BCUT2D eigenvalue weighted by molar-refractivity contribution is 6.30. The van der Waals surface area contributed by atoms with E-state index in [1.165, 1.54) is 0 Å². The van der Waals surface area contributed by atoms with Crippen molar-refractivity contribution >= 4 is 17.9 Å². The SMILES string of the molecule is O=Cc1ccccc1OCc1ccc(Cl)cc1. The molecule has 2 aromatic rings. The van der Waals surface area contributed by atoms with Gasteiger partial charge in [0, 0.05) is 5.02 Å². The molecule has 0 fully saturated rings. The maximum absolute atomic E-state index is 10.8. The van der Waals surface area contributed by atoms with E-state index in [0.29, 0.717) is 22.9 Å². The number of halogens is 1. The van der Waals surface area contributed by atoms with Gasteiger partial charge in [-0.2, -0.15) is 0 Å². The number of rotatable bonds is 4. The average molecular weight is 247 g/mol. The number of ether oxygens (including phenoxy) is 1. The lowest BCUT2D eigenvalue weighted by Crippen LogP contribution is -1.97. The minimum absolute atomic E-state index is 0.419. The van der Waals surface area contributed by atoms with Gasteiger partial charge in [-0.15, -0.1) is 0 Å². The molecule has 2 aromatic carbocycles. The normalized spacial score (nSPS) is 9.94. The molecular formula is C14H11ClO2. The zero-order valence-corrected chi connectivity index (χ0v) is 9.85. The van der Waals surface area contributed by atoms with Crippen LogP contribution in [-0.4, -0.2) is 6.29 Å². The van der Waals surface area contributed by atoms with Gasteiger partial charge in [-0.1, -0.05) is 35.9 Å². The second-order valence-corrected chi connectivity index (χ2v) is 4.01. The minimum Gasteiger partial charge on any atom is -0.488 e. The summed E-state index contributed by atoms with van der Waals surface area (Å²) in [5.41, 5.74) is 1.57. The molecule has 0 radical (unpaired) electrons. The average Bonchev–Trinajstić information content (AvgIpc) is 2.38. The summed E-state index contributed by atoms with van der Waals surface area (Å²) >= 11 is 5.79. The molecule has 0 N–H and O–H groups in total. The van der Waals surface area contributed by atoms with Gasteiger partial charge in [0.15, 0.2) is 6.29 Å². The van der Waals surface area contributed by atoms with Crippen LogP contribution in [0.1, 0.15) is 15.9 Å². The molecule has 0 atom stereocenters. The molecular weight excluding hydrogens is 236 g/mol. The standard InChI is InChI=1S/C14H11ClO2/c15-13-7-5-11(6-8-13)10-17-14-4-2-1-3-12(14)9-16/h1-9H,10H2. The second-order valence-electron chi connectivity index (χ2n) is 3.57. The number of carbonyl (C=O) groups excluding carboxylic acids is 1. The molecule has 3 heteroatoms. The number of benzene rings is 2. The van der Waals surface area contributed by atoms with E-state index < -0.39 is 0 Å². The first kappa shape index (κ1) is 11.7. The van der Waals surface area contributed by atoms with E-state index in [2.05, 4.69) is 0 Å². The van der Waals surface area contributed by atoms with E-state index in [4.69, 9.17) is 16.3 Å². The van der Waals surface area contributed by atoms with Gasteiger partial charge in [-0.25, -0.2) is 0 Å². The van der Waals surface area contributed by atoms with Crippen LogP contribution in [0.25, 0.3) is 0 Å². The van der Waals surface area contributed by atoms with Crippen molar-refractivity contribution in [3.8, 4) is 5.75 Å². The first-order chi connectivity index (χ1) is 8.29. The Balaban J connectivity index is 2.07. The molecule has 0 saturated carbocycles. The second kappa shape index (κ2) is 5.51. The highest BCUT2D eigenvalue weighted by Gasteiger charge is 2.01. The van der Waals surface area contributed by atoms with Crippen LogP contribution in [0.2, 0.25) is 5.02 Å². The Labute approximate surface area is 105 Å². The predicted octanol–water partition coefficient (Wildman–Crippen LogP) is 3.73. The maximum Gasteiger partial charge on any atom is 0.153 e. The van der Waals surface area contributed by atoms with E-state index >= 15 is 0 Å². The van der Waals surface area contributed by atoms with E-state index in [1.54, 1.807) is 18.2 Å². The molecule has 0 unspecified atom stereocenters. The fourth-order valence-corrected chi connectivity index (χ4v) is 1.58.